The molecule has 0 spiro atoms. The molecule has 144 valence electrons. The number of aromatic amines is 1. The first-order chi connectivity index (χ1) is 13.3. The number of rotatable bonds is 5. The fourth-order valence-corrected chi connectivity index (χ4v) is 3.56. The molecule has 0 bridgehead atoms. The maximum Gasteiger partial charge on any atom is 0.251 e. The van der Waals surface area contributed by atoms with Gasteiger partial charge in [-0.25, -0.2) is 4.98 Å². The minimum absolute atomic E-state index is 0.0812. The maximum absolute atomic E-state index is 12.2. The van der Waals surface area contributed by atoms with Gasteiger partial charge in [0.15, 0.2) is 0 Å². The van der Waals surface area contributed by atoms with Gasteiger partial charge in [-0.05, 0) is 60.5 Å². The standard InChI is InChI=1S/C22H23ClN4O/c1-5-15-10-16-6-7-17(11-18(16)25-21(15)28)22(2,13-24)12-14-8-19(23)26-20(9-14)27(3)4/h6-11H,5,12H2,1-4H3,(H,25,28). The molecule has 3 rings (SSSR count). The predicted octanol–water partition coefficient (Wildman–Crippen LogP) is 4.23. The zero-order valence-electron chi connectivity index (χ0n) is 16.5. The van der Waals surface area contributed by atoms with Gasteiger partial charge in [0.25, 0.3) is 5.56 Å². The van der Waals surface area contributed by atoms with E-state index in [4.69, 9.17) is 11.6 Å². The van der Waals surface area contributed by atoms with Crippen LogP contribution in [0.4, 0.5) is 5.82 Å². The lowest BCUT2D eigenvalue weighted by molar-refractivity contribution is 0.606. The van der Waals surface area contributed by atoms with E-state index >= 15 is 0 Å². The van der Waals surface area contributed by atoms with Crippen molar-refractivity contribution in [1.29, 1.82) is 5.26 Å². The molecule has 1 aromatic carbocycles. The summed E-state index contributed by atoms with van der Waals surface area (Å²) in [6.07, 6.45) is 1.16. The Hall–Kier alpha value is -2.84. The van der Waals surface area contributed by atoms with Crippen LogP contribution in [-0.2, 0) is 18.3 Å². The first-order valence-corrected chi connectivity index (χ1v) is 9.55. The van der Waals surface area contributed by atoms with E-state index in [0.29, 0.717) is 18.0 Å². The van der Waals surface area contributed by atoms with Gasteiger partial charge in [-0.2, -0.15) is 5.26 Å². The smallest absolute Gasteiger partial charge is 0.251 e. The molecule has 3 aromatic rings. The second-order valence-electron chi connectivity index (χ2n) is 7.45. The molecule has 0 saturated carbocycles. The van der Waals surface area contributed by atoms with E-state index in [1.807, 2.05) is 63.2 Å². The largest absolute Gasteiger partial charge is 0.363 e. The molecule has 0 aliphatic carbocycles. The quantitative estimate of drug-likeness (QED) is 0.657. The van der Waals surface area contributed by atoms with Crippen molar-refractivity contribution in [2.45, 2.75) is 32.1 Å². The van der Waals surface area contributed by atoms with Crippen LogP contribution in [0.5, 0.6) is 0 Å². The summed E-state index contributed by atoms with van der Waals surface area (Å²) in [4.78, 5) is 21.3. The van der Waals surface area contributed by atoms with E-state index in [1.54, 1.807) is 6.07 Å². The number of H-pyrrole nitrogens is 1. The van der Waals surface area contributed by atoms with Crippen molar-refractivity contribution >= 4 is 28.3 Å². The topological polar surface area (TPSA) is 72.8 Å². The first kappa shape index (κ1) is 19.9. The van der Waals surface area contributed by atoms with Gasteiger partial charge in [-0.15, -0.1) is 0 Å². The van der Waals surface area contributed by atoms with Gasteiger partial charge in [0.1, 0.15) is 11.0 Å². The molecule has 5 nitrogen and oxygen atoms in total. The number of aromatic nitrogens is 2. The summed E-state index contributed by atoms with van der Waals surface area (Å²) in [7, 11) is 3.80. The third-order valence-electron chi connectivity index (χ3n) is 5.04. The number of nitriles is 1. The van der Waals surface area contributed by atoms with E-state index in [2.05, 4.69) is 16.0 Å². The molecule has 1 N–H and O–H groups in total. The third kappa shape index (κ3) is 3.88. The zero-order chi connectivity index (χ0) is 20.5. The van der Waals surface area contributed by atoms with E-state index in [-0.39, 0.29) is 5.56 Å². The Labute approximate surface area is 169 Å². The van der Waals surface area contributed by atoms with Crippen molar-refractivity contribution < 1.29 is 0 Å². The Kier molecular flexibility index (Phi) is 5.44. The number of halogens is 1. The minimum atomic E-state index is -0.775. The van der Waals surface area contributed by atoms with E-state index in [9.17, 15) is 10.1 Å². The van der Waals surface area contributed by atoms with Crippen LogP contribution in [0.2, 0.25) is 5.15 Å². The van der Waals surface area contributed by atoms with E-state index < -0.39 is 5.41 Å². The summed E-state index contributed by atoms with van der Waals surface area (Å²) >= 11 is 6.18. The molecule has 0 radical (unpaired) electrons. The van der Waals surface area contributed by atoms with Crippen LogP contribution < -0.4 is 10.5 Å². The number of hydrogen-bond donors (Lipinski definition) is 1. The molecule has 0 aliphatic heterocycles. The fraction of sp³-hybridized carbons (Fsp3) is 0.318. The Morgan fingerprint density at radius 2 is 2.00 bits per heavy atom. The number of pyridine rings is 2. The highest BCUT2D eigenvalue weighted by Gasteiger charge is 2.28. The highest BCUT2D eigenvalue weighted by molar-refractivity contribution is 6.29. The molecule has 1 unspecified atom stereocenters. The van der Waals surface area contributed by atoms with Gasteiger partial charge < -0.3 is 9.88 Å². The van der Waals surface area contributed by atoms with Crippen LogP contribution >= 0.6 is 11.6 Å². The molecule has 2 heterocycles. The van der Waals surface area contributed by atoms with Crippen LogP contribution in [0.1, 0.15) is 30.5 Å². The monoisotopic (exact) mass is 394 g/mol. The minimum Gasteiger partial charge on any atom is -0.363 e. The SMILES string of the molecule is CCc1cc2ccc(C(C)(C#N)Cc3cc(Cl)nc(N(C)C)c3)cc2[nH]c1=O. The molecule has 6 heteroatoms. The molecule has 0 saturated heterocycles. The lowest BCUT2D eigenvalue weighted by Crippen LogP contribution is -2.23. The van der Waals surface area contributed by atoms with Crippen LogP contribution in [0.3, 0.4) is 0 Å². The number of hydrogen-bond acceptors (Lipinski definition) is 4. The van der Waals surface area contributed by atoms with Gasteiger partial charge in [0, 0.05) is 25.2 Å². The second-order valence-corrected chi connectivity index (χ2v) is 7.84. The molecule has 1 atom stereocenters. The number of benzene rings is 1. The first-order valence-electron chi connectivity index (χ1n) is 9.17. The molecule has 2 aromatic heterocycles. The molecule has 28 heavy (non-hydrogen) atoms. The van der Waals surface area contributed by atoms with Crippen LogP contribution in [0, 0.1) is 11.3 Å². The maximum atomic E-state index is 12.2. The van der Waals surface area contributed by atoms with Gasteiger partial charge in [0.05, 0.1) is 11.5 Å². The number of nitrogens with zero attached hydrogens (tertiary/aromatic N) is 3. The Balaban J connectivity index is 2.04. The molecule has 0 amide bonds. The summed E-state index contributed by atoms with van der Waals surface area (Å²) in [6.45, 7) is 3.86. The Morgan fingerprint density at radius 3 is 2.64 bits per heavy atom. The molecular formula is C22H23ClN4O. The van der Waals surface area contributed by atoms with Gasteiger partial charge in [-0.1, -0.05) is 30.7 Å². The van der Waals surface area contributed by atoms with Crippen molar-refractivity contribution in [2.24, 2.45) is 0 Å². The molecule has 0 fully saturated rings. The normalized spacial score (nSPS) is 13.1. The Bertz CT molecular complexity index is 1130. The second kappa shape index (κ2) is 7.65. The third-order valence-corrected chi connectivity index (χ3v) is 5.24. The predicted molar refractivity (Wildman–Crippen MR) is 114 cm³/mol. The van der Waals surface area contributed by atoms with Crippen LogP contribution in [0.25, 0.3) is 10.9 Å². The average Bonchev–Trinajstić information content (AvgIpc) is 2.66. The van der Waals surface area contributed by atoms with E-state index in [0.717, 1.165) is 33.4 Å². The summed E-state index contributed by atoms with van der Waals surface area (Å²) in [6, 6.07) is 13.9. The number of fused-ring (bicyclic) bond motifs is 1. The van der Waals surface area contributed by atoms with Crippen molar-refractivity contribution in [2.75, 3.05) is 19.0 Å². The molecule has 0 aliphatic rings. The number of aryl methyl sites for hydroxylation is 1. The lowest BCUT2D eigenvalue weighted by Gasteiger charge is -2.23. The van der Waals surface area contributed by atoms with Gasteiger partial charge in [-0.3, -0.25) is 4.79 Å². The summed E-state index contributed by atoms with van der Waals surface area (Å²) in [5.74, 6) is 0.748. The van der Waals surface area contributed by atoms with Crippen LogP contribution in [0.15, 0.2) is 41.2 Å². The fourth-order valence-electron chi connectivity index (χ4n) is 3.33. The highest BCUT2D eigenvalue weighted by Crippen LogP contribution is 2.31. The Morgan fingerprint density at radius 1 is 1.25 bits per heavy atom. The summed E-state index contributed by atoms with van der Waals surface area (Å²) < 4.78 is 0. The number of anilines is 1. The van der Waals surface area contributed by atoms with Crippen molar-refractivity contribution in [3.8, 4) is 6.07 Å². The van der Waals surface area contributed by atoms with Crippen molar-refractivity contribution in [3.05, 3.63) is 68.6 Å². The van der Waals surface area contributed by atoms with Gasteiger partial charge >= 0.3 is 0 Å². The summed E-state index contributed by atoms with van der Waals surface area (Å²) in [5.41, 5.74) is 2.42. The molecular weight excluding hydrogens is 372 g/mol. The van der Waals surface area contributed by atoms with Crippen molar-refractivity contribution in [3.63, 3.8) is 0 Å². The number of nitrogens with one attached hydrogen (secondary N) is 1. The average molecular weight is 395 g/mol. The highest BCUT2D eigenvalue weighted by atomic mass is 35.5. The lowest BCUT2D eigenvalue weighted by atomic mass is 9.78. The van der Waals surface area contributed by atoms with Crippen LogP contribution in [-0.4, -0.2) is 24.1 Å². The summed E-state index contributed by atoms with van der Waals surface area (Å²) in [5, 5.41) is 11.3. The van der Waals surface area contributed by atoms with E-state index in [1.165, 1.54) is 0 Å². The zero-order valence-corrected chi connectivity index (χ0v) is 17.3. The van der Waals surface area contributed by atoms with Crippen molar-refractivity contribution in [1.82, 2.24) is 9.97 Å². The van der Waals surface area contributed by atoms with Gasteiger partial charge in [0.2, 0.25) is 0 Å².